The summed E-state index contributed by atoms with van der Waals surface area (Å²) in [6.45, 7) is 19.7. The fraction of sp³-hybridized carbons (Fsp3) is 0.435. The highest BCUT2D eigenvalue weighted by Gasteiger charge is 2.30. The molecule has 0 saturated carbocycles. The Morgan fingerprint density at radius 3 is 0.624 bits per heavy atom. The predicted molar refractivity (Wildman–Crippen MR) is 346 cm³/mol. The van der Waals surface area contributed by atoms with Crippen molar-refractivity contribution in [3.05, 3.63) is 144 Å². The van der Waals surface area contributed by atoms with Gasteiger partial charge in [0.1, 0.15) is 38.6 Å². The molecular formula is C69H88O32. The second kappa shape index (κ2) is 51.1. The molecule has 101 heavy (non-hydrogen) atoms. The van der Waals surface area contributed by atoms with Gasteiger partial charge < -0.3 is 82.0 Å². The first-order valence-electron chi connectivity index (χ1n) is 30.5. The first-order chi connectivity index (χ1) is 47.2. The van der Waals surface area contributed by atoms with E-state index in [9.17, 15) is 71.9 Å². The van der Waals surface area contributed by atoms with Crippen LogP contribution in [0.5, 0.6) is 0 Å². The quantitative estimate of drug-likeness (QED) is 0.0414. The van der Waals surface area contributed by atoms with Gasteiger partial charge in [0.05, 0.1) is 0 Å². The Morgan fingerprint density at radius 1 is 0.248 bits per heavy atom. The summed E-state index contributed by atoms with van der Waals surface area (Å²) in [6.07, 6.45) is -12.6. The van der Waals surface area contributed by atoms with Crippen LogP contribution in [0.1, 0.15) is 126 Å². The Labute approximate surface area is 582 Å². The molecule has 4 aromatic carbocycles. The SMILES string of the molecule is CC(=O)O[C@@H](C)C(=O)O.CC(=O)O[C@@H](C)C(=O)OCc1ccccc1.CC(=O)O[C@@H](C)C(=O)O[C@H](C)C(=O)O[C@H](C)C(=O)O.CC(=O)O[C@@H](C)C(=O)O[C@H](C)C(=O)O[C@H](C)C(=O)OCc1ccccc1.C[C@H](O)C(=O)OCc1ccccc1.C[C@H](O)C(=O)O[C@H](C)C(=O)OCc1ccccc1. The number of carbonyl (C=O) groups is 15. The molecule has 0 unspecified atom stereocenters. The average Bonchev–Trinajstić information content (AvgIpc) is 0.945. The van der Waals surface area contributed by atoms with Gasteiger partial charge in [0.25, 0.3) is 0 Å². The lowest BCUT2D eigenvalue weighted by Gasteiger charge is -2.18. The third-order valence-corrected chi connectivity index (χ3v) is 11.4. The number of esters is 13. The summed E-state index contributed by atoms with van der Waals surface area (Å²) in [4.78, 5) is 165. The van der Waals surface area contributed by atoms with Crippen molar-refractivity contribution in [1.82, 2.24) is 0 Å². The molecule has 4 aromatic rings. The second-order valence-electron chi connectivity index (χ2n) is 20.8. The molecule has 556 valence electrons. The number of ether oxygens (including phenoxy) is 13. The minimum absolute atomic E-state index is 0.0476. The second-order valence-corrected chi connectivity index (χ2v) is 20.8. The highest BCUT2D eigenvalue weighted by atomic mass is 16.7. The van der Waals surface area contributed by atoms with E-state index in [1.165, 1.54) is 83.1 Å². The number of carbonyl (C=O) groups excluding carboxylic acids is 13. The fourth-order valence-corrected chi connectivity index (χ4v) is 6.17. The Morgan fingerprint density at radius 2 is 0.416 bits per heavy atom. The predicted octanol–water partition coefficient (Wildman–Crippen LogP) is 5.29. The van der Waals surface area contributed by atoms with E-state index in [2.05, 4.69) is 28.4 Å². The molecule has 4 rings (SSSR count). The van der Waals surface area contributed by atoms with Crippen LogP contribution in [0.4, 0.5) is 0 Å². The van der Waals surface area contributed by atoms with Crippen LogP contribution in [0.3, 0.4) is 0 Å². The van der Waals surface area contributed by atoms with Crippen LogP contribution in [0.15, 0.2) is 121 Å². The summed E-state index contributed by atoms with van der Waals surface area (Å²) >= 11 is 0. The molecule has 0 spiro atoms. The lowest BCUT2D eigenvalue weighted by molar-refractivity contribution is -0.182. The van der Waals surface area contributed by atoms with Crippen LogP contribution >= 0.6 is 0 Å². The van der Waals surface area contributed by atoms with Crippen LogP contribution in [-0.4, -0.2) is 177 Å². The maximum absolute atomic E-state index is 11.9. The summed E-state index contributed by atoms with van der Waals surface area (Å²) in [7, 11) is 0. The summed E-state index contributed by atoms with van der Waals surface area (Å²) in [6, 6.07) is 36.8. The van der Waals surface area contributed by atoms with Crippen LogP contribution in [0.2, 0.25) is 0 Å². The molecule has 0 amide bonds. The van der Waals surface area contributed by atoms with Crippen molar-refractivity contribution in [2.24, 2.45) is 0 Å². The van der Waals surface area contributed by atoms with Gasteiger partial charge in [-0.05, 0) is 98.4 Å². The standard InChI is InChI=1S/C18H22O8.C13H16O5.C12H14O4.C11H16O8.C10H12O3.C5H8O4/c1-11(16(20)23-10-15-8-6-5-7-9-15)25-18(22)13(3)26-17(21)12(2)24-14(4)19;1-9(14)12(15)18-10(2)13(16)17-8-11-6-4-3-5-7-11;1-9(16-10(2)13)12(14)15-8-11-6-4-3-5-7-11;1-5(9(13)14)18-11(16)7(3)19-10(15)6(2)17-8(4)12;1-8(11)10(12)13-7-9-5-3-2-4-6-9;1-3(5(7)8)9-4(2)6/h5-9,11-13H,10H2,1-4H3;3-7,9-10,14H,8H2,1-2H3;3-7,9H,8H2,1-2H3;5-7H,1-4H3,(H,13,14);2-6,8,11H,7H2,1H3;3H,1-2H3,(H,7,8)/t11-,12+,13-;9-,10+;9-;5-,6+,7-;8-;3-/m100100/s1. The van der Waals surface area contributed by atoms with E-state index >= 15 is 0 Å². The molecule has 32 nitrogen and oxygen atoms in total. The smallest absolute Gasteiger partial charge is 0.347 e. The molecule has 0 heterocycles. The normalized spacial score (nSPS) is 13.2. The monoisotopic (exact) mass is 1430 g/mol. The van der Waals surface area contributed by atoms with E-state index in [1.54, 1.807) is 24.3 Å². The van der Waals surface area contributed by atoms with Gasteiger partial charge in [-0.2, -0.15) is 0 Å². The van der Waals surface area contributed by atoms with Crippen LogP contribution < -0.4 is 0 Å². The molecule has 0 fully saturated rings. The van der Waals surface area contributed by atoms with Crippen LogP contribution in [0.25, 0.3) is 0 Å². The molecule has 0 aliphatic carbocycles. The van der Waals surface area contributed by atoms with Gasteiger partial charge in [-0.1, -0.05) is 121 Å². The molecule has 0 saturated heterocycles. The molecule has 4 N–H and O–H groups in total. The van der Waals surface area contributed by atoms with Crippen molar-refractivity contribution in [3.63, 3.8) is 0 Å². The minimum atomic E-state index is -1.35. The fourth-order valence-electron chi connectivity index (χ4n) is 6.17. The van der Waals surface area contributed by atoms with E-state index in [0.29, 0.717) is 0 Å². The van der Waals surface area contributed by atoms with E-state index in [1.807, 2.05) is 97.1 Å². The summed E-state index contributed by atoms with van der Waals surface area (Å²) in [5.74, 6) is -12.0. The Bertz CT molecular complexity index is 3240. The number of aliphatic hydroxyl groups excluding tert-OH is 2. The molecule has 0 radical (unpaired) electrons. The first kappa shape index (κ1) is 91.9. The summed E-state index contributed by atoms with van der Waals surface area (Å²) < 4.78 is 61.6. The first-order valence-corrected chi connectivity index (χ1v) is 30.5. The third kappa shape index (κ3) is 45.9. The van der Waals surface area contributed by atoms with E-state index in [4.69, 9.17) is 53.6 Å². The van der Waals surface area contributed by atoms with Crippen molar-refractivity contribution >= 4 is 89.5 Å². The number of benzene rings is 4. The largest absolute Gasteiger partial charge is 0.479 e. The number of aliphatic hydroxyl groups is 2. The number of rotatable bonds is 28. The minimum Gasteiger partial charge on any atom is -0.479 e. The van der Waals surface area contributed by atoms with Gasteiger partial charge in [0.15, 0.2) is 54.9 Å². The number of hydrogen-bond acceptors (Lipinski definition) is 30. The van der Waals surface area contributed by atoms with Gasteiger partial charge >= 0.3 is 89.5 Å². The molecule has 0 aliphatic rings. The van der Waals surface area contributed by atoms with Gasteiger partial charge in [-0.15, -0.1) is 0 Å². The zero-order valence-electron chi connectivity index (χ0n) is 58.4. The molecule has 0 aliphatic heterocycles. The van der Waals surface area contributed by atoms with Gasteiger partial charge in [-0.3, -0.25) is 19.2 Å². The van der Waals surface area contributed by atoms with Crippen molar-refractivity contribution in [2.75, 3.05) is 0 Å². The number of carboxylic acids is 2. The molecule has 32 heteroatoms. The summed E-state index contributed by atoms with van der Waals surface area (Å²) in [5.41, 5.74) is 3.45. The maximum atomic E-state index is 11.9. The van der Waals surface area contributed by atoms with Gasteiger partial charge in [0.2, 0.25) is 0 Å². The Balaban J connectivity index is 0. The van der Waals surface area contributed by atoms with Crippen molar-refractivity contribution in [1.29, 1.82) is 0 Å². The van der Waals surface area contributed by atoms with E-state index < -0.39 is 157 Å². The van der Waals surface area contributed by atoms with Gasteiger partial charge in [-0.25, -0.2) is 52.7 Å². The maximum Gasteiger partial charge on any atom is 0.347 e. The van der Waals surface area contributed by atoms with E-state index in [-0.39, 0.29) is 26.4 Å². The zero-order valence-corrected chi connectivity index (χ0v) is 58.4. The molecule has 11 atom stereocenters. The van der Waals surface area contributed by atoms with E-state index in [0.717, 1.165) is 43.0 Å². The number of aliphatic carboxylic acids is 2. The molecular weight excluding hydrogens is 1340 g/mol. The molecule has 0 aromatic heterocycles. The highest BCUT2D eigenvalue weighted by Crippen LogP contribution is 2.10. The topological polar surface area (TPSA) is 457 Å². The Hall–Kier alpha value is -11.2. The summed E-state index contributed by atoms with van der Waals surface area (Å²) in [5, 5.41) is 34.5. The van der Waals surface area contributed by atoms with Crippen molar-refractivity contribution in [3.8, 4) is 0 Å². The highest BCUT2D eigenvalue weighted by molar-refractivity contribution is 5.86. The average molecular weight is 1430 g/mol. The molecule has 0 bridgehead atoms. The lowest BCUT2D eigenvalue weighted by Crippen LogP contribution is -2.36. The third-order valence-electron chi connectivity index (χ3n) is 11.4. The number of hydrogen-bond donors (Lipinski definition) is 4. The van der Waals surface area contributed by atoms with Crippen molar-refractivity contribution < 1.29 is 154 Å². The lowest BCUT2D eigenvalue weighted by atomic mass is 10.2. The van der Waals surface area contributed by atoms with Crippen molar-refractivity contribution in [2.45, 2.75) is 197 Å². The van der Waals surface area contributed by atoms with Gasteiger partial charge in [0, 0.05) is 27.7 Å². The Kier molecular flexibility index (Phi) is 46.5. The van der Waals surface area contributed by atoms with Crippen LogP contribution in [-0.2, 0) is 160 Å². The number of carboxylic acid groups (broad SMARTS) is 2. The zero-order chi connectivity index (χ0) is 77.5. The van der Waals surface area contributed by atoms with Crippen LogP contribution in [0, 0.1) is 0 Å².